The van der Waals surface area contributed by atoms with Gasteiger partial charge in [-0.05, 0) is 26.7 Å². The highest BCUT2D eigenvalue weighted by Crippen LogP contribution is 2.26. The third-order valence-corrected chi connectivity index (χ3v) is 5.17. The molecule has 0 aromatic heterocycles. The van der Waals surface area contributed by atoms with E-state index in [1.54, 1.807) is 13.8 Å². The summed E-state index contributed by atoms with van der Waals surface area (Å²) in [7, 11) is -2.90. The maximum Gasteiger partial charge on any atom is 0.153 e. The molecule has 0 unspecified atom stereocenters. The number of rotatable bonds is 7. The monoisotopic (exact) mass is 253 g/mol. The SMILES string of the molecule is CC(C)S(=O)(=O)CCN(CCCl)C1CC1. The van der Waals surface area contributed by atoms with E-state index in [0.717, 1.165) is 6.54 Å². The van der Waals surface area contributed by atoms with Gasteiger partial charge in [-0.25, -0.2) is 8.42 Å². The minimum atomic E-state index is -2.90. The van der Waals surface area contributed by atoms with Crippen LogP contribution in [0.3, 0.4) is 0 Å². The second-order valence-electron chi connectivity index (χ2n) is 4.37. The summed E-state index contributed by atoms with van der Waals surface area (Å²) < 4.78 is 23.2. The summed E-state index contributed by atoms with van der Waals surface area (Å²) in [6.07, 6.45) is 2.39. The molecule has 0 aliphatic heterocycles. The second-order valence-corrected chi connectivity index (χ2v) is 7.43. The minimum Gasteiger partial charge on any atom is -0.298 e. The molecule has 1 aliphatic rings. The van der Waals surface area contributed by atoms with Gasteiger partial charge < -0.3 is 0 Å². The number of halogens is 1. The first-order valence-corrected chi connectivity index (χ1v) is 7.74. The van der Waals surface area contributed by atoms with Crippen molar-refractivity contribution in [1.29, 1.82) is 0 Å². The molecule has 1 rings (SSSR count). The average molecular weight is 254 g/mol. The molecule has 0 N–H and O–H groups in total. The molecule has 1 fully saturated rings. The van der Waals surface area contributed by atoms with Crippen LogP contribution in [0.4, 0.5) is 0 Å². The quantitative estimate of drug-likeness (QED) is 0.646. The van der Waals surface area contributed by atoms with E-state index in [4.69, 9.17) is 11.6 Å². The van der Waals surface area contributed by atoms with Crippen LogP contribution >= 0.6 is 11.6 Å². The predicted octanol–water partition coefficient (Wildman–Crippen LogP) is 1.51. The van der Waals surface area contributed by atoms with Gasteiger partial charge in [-0.15, -0.1) is 11.6 Å². The molecule has 5 heteroatoms. The largest absolute Gasteiger partial charge is 0.298 e. The van der Waals surface area contributed by atoms with Gasteiger partial charge in [0.2, 0.25) is 0 Å². The van der Waals surface area contributed by atoms with Crippen LogP contribution in [0.2, 0.25) is 0 Å². The Kier molecular flexibility index (Phi) is 4.87. The lowest BCUT2D eigenvalue weighted by Gasteiger charge is -2.21. The van der Waals surface area contributed by atoms with E-state index in [2.05, 4.69) is 4.90 Å². The summed E-state index contributed by atoms with van der Waals surface area (Å²) in [4.78, 5) is 2.20. The minimum absolute atomic E-state index is 0.262. The van der Waals surface area contributed by atoms with Crippen LogP contribution in [-0.2, 0) is 9.84 Å². The fourth-order valence-corrected chi connectivity index (χ4v) is 2.68. The van der Waals surface area contributed by atoms with E-state index >= 15 is 0 Å². The maximum absolute atomic E-state index is 11.6. The van der Waals surface area contributed by atoms with Gasteiger partial charge in [-0.2, -0.15) is 0 Å². The molecule has 0 aromatic rings. The van der Waals surface area contributed by atoms with Crippen LogP contribution < -0.4 is 0 Å². The first-order valence-electron chi connectivity index (χ1n) is 5.49. The normalized spacial score (nSPS) is 17.7. The van der Waals surface area contributed by atoms with E-state index in [0.29, 0.717) is 18.5 Å². The van der Waals surface area contributed by atoms with Gasteiger partial charge in [0.15, 0.2) is 9.84 Å². The molecule has 1 aliphatic carbocycles. The number of nitrogens with zero attached hydrogens (tertiary/aromatic N) is 1. The first-order chi connectivity index (χ1) is 6.97. The summed E-state index contributed by atoms with van der Waals surface area (Å²) >= 11 is 5.69. The van der Waals surface area contributed by atoms with Gasteiger partial charge in [-0.3, -0.25) is 4.90 Å². The number of alkyl halides is 1. The lowest BCUT2D eigenvalue weighted by atomic mass is 10.5. The Morgan fingerprint density at radius 2 is 1.93 bits per heavy atom. The fourth-order valence-electron chi connectivity index (χ4n) is 1.51. The number of hydrogen-bond donors (Lipinski definition) is 0. The van der Waals surface area contributed by atoms with Crippen molar-refractivity contribution in [3.05, 3.63) is 0 Å². The zero-order chi connectivity index (χ0) is 11.5. The Labute approximate surface area is 97.7 Å². The Balaban J connectivity index is 2.39. The summed E-state index contributed by atoms with van der Waals surface area (Å²) in [5.74, 6) is 0.844. The van der Waals surface area contributed by atoms with E-state index < -0.39 is 9.84 Å². The van der Waals surface area contributed by atoms with Crippen LogP contribution in [-0.4, -0.2) is 49.3 Å². The van der Waals surface area contributed by atoms with Crippen LogP contribution in [0.1, 0.15) is 26.7 Å². The van der Waals surface area contributed by atoms with Crippen LogP contribution in [0.15, 0.2) is 0 Å². The molecule has 90 valence electrons. The van der Waals surface area contributed by atoms with Crippen LogP contribution in [0.25, 0.3) is 0 Å². The molecular weight excluding hydrogens is 234 g/mol. The second kappa shape index (κ2) is 5.51. The first kappa shape index (κ1) is 13.3. The summed E-state index contributed by atoms with van der Waals surface area (Å²) in [5, 5.41) is -0.269. The van der Waals surface area contributed by atoms with Crippen LogP contribution in [0.5, 0.6) is 0 Å². The van der Waals surface area contributed by atoms with E-state index in [1.807, 2.05) is 0 Å². The predicted molar refractivity (Wildman–Crippen MR) is 64.2 cm³/mol. The molecule has 0 radical (unpaired) electrons. The van der Waals surface area contributed by atoms with Crippen molar-refractivity contribution < 1.29 is 8.42 Å². The van der Waals surface area contributed by atoms with Gasteiger partial charge in [0.1, 0.15) is 0 Å². The van der Waals surface area contributed by atoms with E-state index in [1.165, 1.54) is 12.8 Å². The lowest BCUT2D eigenvalue weighted by molar-refractivity contribution is 0.296. The molecule has 0 heterocycles. The van der Waals surface area contributed by atoms with Crippen molar-refractivity contribution in [2.24, 2.45) is 0 Å². The molecular formula is C10H20ClNO2S. The molecule has 1 saturated carbocycles. The Morgan fingerprint density at radius 3 is 2.33 bits per heavy atom. The molecule has 0 aromatic carbocycles. The van der Waals surface area contributed by atoms with Gasteiger partial charge in [0.25, 0.3) is 0 Å². The third-order valence-electron chi connectivity index (χ3n) is 2.82. The standard InChI is InChI=1S/C10H20ClNO2S/c1-9(2)15(13,14)8-7-12(6-5-11)10-3-4-10/h9-10H,3-8H2,1-2H3. The Hall–Kier alpha value is 0.200. The smallest absolute Gasteiger partial charge is 0.153 e. The van der Waals surface area contributed by atoms with Crippen molar-refractivity contribution in [3.63, 3.8) is 0 Å². The summed E-state index contributed by atoms with van der Waals surface area (Å²) in [6.45, 7) is 4.91. The van der Waals surface area contributed by atoms with Crippen molar-refractivity contribution in [3.8, 4) is 0 Å². The third kappa shape index (κ3) is 4.29. The zero-order valence-electron chi connectivity index (χ0n) is 9.45. The van der Waals surface area contributed by atoms with E-state index in [9.17, 15) is 8.42 Å². The highest BCUT2D eigenvalue weighted by Gasteiger charge is 2.29. The van der Waals surface area contributed by atoms with Gasteiger partial charge >= 0.3 is 0 Å². The molecule has 0 spiro atoms. The van der Waals surface area contributed by atoms with Gasteiger partial charge in [0.05, 0.1) is 11.0 Å². The van der Waals surface area contributed by atoms with Crippen LogP contribution in [0, 0.1) is 0 Å². The zero-order valence-corrected chi connectivity index (χ0v) is 11.0. The summed E-state index contributed by atoms with van der Waals surface area (Å²) in [5.41, 5.74) is 0. The molecule has 3 nitrogen and oxygen atoms in total. The van der Waals surface area contributed by atoms with Crippen molar-refractivity contribution in [2.75, 3.05) is 24.7 Å². The Bertz CT molecular complexity index is 286. The lowest BCUT2D eigenvalue weighted by Crippen LogP contribution is -2.34. The average Bonchev–Trinajstić information content (AvgIpc) is 2.95. The molecule has 0 saturated heterocycles. The van der Waals surface area contributed by atoms with Crippen molar-refractivity contribution in [1.82, 2.24) is 4.90 Å². The summed E-state index contributed by atoms with van der Waals surface area (Å²) in [6, 6.07) is 0.589. The Morgan fingerprint density at radius 1 is 1.33 bits per heavy atom. The number of sulfone groups is 1. The van der Waals surface area contributed by atoms with Crippen molar-refractivity contribution >= 4 is 21.4 Å². The topological polar surface area (TPSA) is 37.4 Å². The number of hydrogen-bond acceptors (Lipinski definition) is 3. The van der Waals surface area contributed by atoms with E-state index in [-0.39, 0.29) is 11.0 Å². The van der Waals surface area contributed by atoms with Crippen molar-refractivity contribution in [2.45, 2.75) is 38.0 Å². The fraction of sp³-hybridized carbons (Fsp3) is 1.00. The molecule has 0 amide bonds. The maximum atomic E-state index is 11.6. The molecule has 0 bridgehead atoms. The molecule has 0 atom stereocenters. The molecule has 15 heavy (non-hydrogen) atoms. The highest BCUT2D eigenvalue weighted by atomic mass is 35.5. The van der Waals surface area contributed by atoms with Gasteiger partial charge in [0, 0.05) is 25.0 Å². The van der Waals surface area contributed by atoms with Gasteiger partial charge in [-0.1, -0.05) is 0 Å². The highest BCUT2D eigenvalue weighted by molar-refractivity contribution is 7.92.